The van der Waals surface area contributed by atoms with Gasteiger partial charge in [0.1, 0.15) is 11.0 Å². The number of nitro groups is 1. The van der Waals surface area contributed by atoms with E-state index in [2.05, 4.69) is 15.3 Å². The molecule has 0 radical (unpaired) electrons. The number of carbonyl (C=O) groups excluding carboxylic acids is 1. The van der Waals surface area contributed by atoms with E-state index in [9.17, 15) is 32.9 Å². The third-order valence-corrected chi connectivity index (χ3v) is 6.98. The standard InChI is InChI=1S/C25H15ClF3N5O4S/c26-17-10-5-13(25(27,28)29)11-19(17)30-20(35)12-39-24-32-21-16-3-1-2-4-18(16)31-22(21)23(36)33(24)14-6-8-15(9-7-14)34(37)38/h1-11,31H,12H2,(H,30,35). The zero-order valence-electron chi connectivity index (χ0n) is 19.5. The number of alkyl halides is 3. The number of H-pyrrole nitrogens is 1. The average Bonchev–Trinajstić information content (AvgIpc) is 3.27. The molecule has 0 unspecified atom stereocenters. The minimum absolute atomic E-state index is 0.0810. The second-order valence-electron chi connectivity index (χ2n) is 8.23. The molecule has 2 heterocycles. The topological polar surface area (TPSA) is 123 Å². The summed E-state index contributed by atoms with van der Waals surface area (Å²) in [5.41, 5.74) is -0.407. The van der Waals surface area contributed by atoms with Gasteiger partial charge in [-0.2, -0.15) is 13.2 Å². The number of para-hydroxylation sites is 1. The van der Waals surface area contributed by atoms with Crippen LogP contribution in [0.4, 0.5) is 24.5 Å². The molecule has 3 aromatic carbocycles. The molecule has 5 aromatic rings. The Morgan fingerprint density at radius 2 is 1.85 bits per heavy atom. The van der Waals surface area contributed by atoms with Crippen LogP contribution in [0.5, 0.6) is 0 Å². The summed E-state index contributed by atoms with van der Waals surface area (Å²) in [5.74, 6) is -1.02. The van der Waals surface area contributed by atoms with Gasteiger partial charge in [0.05, 0.1) is 32.6 Å². The van der Waals surface area contributed by atoms with Crippen LogP contribution in [-0.4, -0.2) is 31.1 Å². The van der Waals surface area contributed by atoms with Gasteiger partial charge in [0, 0.05) is 23.0 Å². The van der Waals surface area contributed by atoms with E-state index in [4.69, 9.17) is 11.6 Å². The minimum atomic E-state index is -4.63. The van der Waals surface area contributed by atoms with Crippen LogP contribution in [0, 0.1) is 10.1 Å². The van der Waals surface area contributed by atoms with Gasteiger partial charge >= 0.3 is 6.18 Å². The second-order valence-corrected chi connectivity index (χ2v) is 9.58. The molecule has 0 aliphatic carbocycles. The molecule has 2 N–H and O–H groups in total. The number of fused-ring (bicyclic) bond motifs is 3. The van der Waals surface area contributed by atoms with Crippen molar-refractivity contribution < 1.29 is 22.9 Å². The molecular weight excluding hydrogens is 559 g/mol. The molecule has 9 nitrogen and oxygen atoms in total. The fraction of sp³-hybridized carbons (Fsp3) is 0.0800. The summed E-state index contributed by atoms with van der Waals surface area (Å²) in [6, 6.07) is 14.9. The fourth-order valence-corrected chi connectivity index (χ4v) is 4.87. The molecule has 39 heavy (non-hydrogen) atoms. The lowest BCUT2D eigenvalue weighted by molar-refractivity contribution is -0.384. The summed E-state index contributed by atoms with van der Waals surface area (Å²) in [6.45, 7) is 0. The van der Waals surface area contributed by atoms with Gasteiger partial charge in [0.15, 0.2) is 5.16 Å². The molecule has 2 aromatic heterocycles. The van der Waals surface area contributed by atoms with Gasteiger partial charge in [0.25, 0.3) is 11.2 Å². The Morgan fingerprint density at radius 1 is 1.13 bits per heavy atom. The summed E-state index contributed by atoms with van der Waals surface area (Å²) in [6.07, 6.45) is -4.63. The van der Waals surface area contributed by atoms with Crippen LogP contribution in [-0.2, 0) is 11.0 Å². The highest BCUT2D eigenvalue weighted by molar-refractivity contribution is 7.99. The summed E-state index contributed by atoms with van der Waals surface area (Å²) in [4.78, 5) is 44.4. The van der Waals surface area contributed by atoms with Crippen LogP contribution in [0.3, 0.4) is 0 Å². The van der Waals surface area contributed by atoms with Gasteiger partial charge in [-0.3, -0.25) is 24.3 Å². The van der Waals surface area contributed by atoms with Gasteiger partial charge in [-0.15, -0.1) is 0 Å². The number of hydrogen-bond acceptors (Lipinski definition) is 6. The number of aromatic nitrogens is 3. The largest absolute Gasteiger partial charge is 0.416 e. The quantitative estimate of drug-likeness (QED) is 0.108. The lowest BCUT2D eigenvalue weighted by Gasteiger charge is -2.13. The smallest absolute Gasteiger partial charge is 0.349 e. The van der Waals surface area contributed by atoms with Gasteiger partial charge in [-0.1, -0.05) is 41.6 Å². The Labute approximate surface area is 225 Å². The number of aromatic amines is 1. The number of nitrogens with zero attached hydrogens (tertiary/aromatic N) is 3. The Balaban J connectivity index is 1.52. The number of amides is 1. The van der Waals surface area contributed by atoms with E-state index < -0.39 is 28.1 Å². The fourth-order valence-electron chi connectivity index (χ4n) is 3.90. The van der Waals surface area contributed by atoms with Crippen molar-refractivity contribution >= 4 is 62.6 Å². The molecule has 5 rings (SSSR count). The number of benzene rings is 3. The van der Waals surface area contributed by atoms with E-state index in [-0.39, 0.29) is 38.5 Å². The Kier molecular flexibility index (Phi) is 6.78. The van der Waals surface area contributed by atoms with E-state index in [0.29, 0.717) is 16.4 Å². The molecular formula is C25H15ClF3N5O4S. The van der Waals surface area contributed by atoms with E-state index in [1.165, 1.54) is 28.8 Å². The van der Waals surface area contributed by atoms with E-state index >= 15 is 0 Å². The van der Waals surface area contributed by atoms with E-state index in [0.717, 1.165) is 30.0 Å². The van der Waals surface area contributed by atoms with Crippen LogP contribution >= 0.6 is 23.4 Å². The normalized spacial score (nSPS) is 11.7. The minimum Gasteiger partial charge on any atom is -0.349 e. The maximum Gasteiger partial charge on any atom is 0.416 e. The van der Waals surface area contributed by atoms with Crippen molar-refractivity contribution in [3.63, 3.8) is 0 Å². The van der Waals surface area contributed by atoms with Gasteiger partial charge < -0.3 is 10.3 Å². The van der Waals surface area contributed by atoms with Crippen LogP contribution < -0.4 is 10.9 Å². The van der Waals surface area contributed by atoms with Crippen LogP contribution in [0.15, 0.2) is 76.7 Å². The van der Waals surface area contributed by atoms with Crippen molar-refractivity contribution in [2.45, 2.75) is 11.3 Å². The number of thioether (sulfide) groups is 1. The van der Waals surface area contributed by atoms with E-state index in [1.54, 1.807) is 24.3 Å². The van der Waals surface area contributed by atoms with Crippen LogP contribution in [0.2, 0.25) is 5.02 Å². The van der Waals surface area contributed by atoms with Gasteiger partial charge in [-0.25, -0.2) is 4.98 Å². The van der Waals surface area contributed by atoms with E-state index in [1.807, 2.05) is 0 Å². The molecule has 0 bridgehead atoms. The zero-order chi connectivity index (χ0) is 27.9. The summed E-state index contributed by atoms with van der Waals surface area (Å²) >= 11 is 6.84. The first-order valence-electron chi connectivity index (χ1n) is 11.1. The third kappa shape index (κ3) is 5.18. The predicted octanol–water partition coefficient (Wildman–Crippen LogP) is 6.18. The Hall–Kier alpha value is -4.36. The molecule has 0 saturated carbocycles. The molecule has 0 spiro atoms. The molecule has 0 aliphatic heterocycles. The highest BCUT2D eigenvalue weighted by atomic mass is 35.5. The maximum atomic E-state index is 13.6. The number of non-ortho nitro benzene ring substituents is 1. The zero-order valence-corrected chi connectivity index (χ0v) is 21.0. The number of anilines is 1. The summed E-state index contributed by atoms with van der Waals surface area (Å²) in [5, 5.41) is 14.1. The first kappa shape index (κ1) is 26.3. The van der Waals surface area contributed by atoms with Crippen LogP contribution in [0.25, 0.3) is 27.6 Å². The van der Waals surface area contributed by atoms with Crippen molar-refractivity contribution in [3.05, 3.63) is 97.8 Å². The molecule has 14 heteroatoms. The molecule has 0 fully saturated rings. The molecule has 0 atom stereocenters. The molecule has 0 saturated heterocycles. The number of halogens is 4. The number of nitro benzene ring substituents is 1. The van der Waals surface area contributed by atoms with Crippen molar-refractivity contribution in [1.82, 2.24) is 14.5 Å². The van der Waals surface area contributed by atoms with Crippen molar-refractivity contribution in [3.8, 4) is 5.69 Å². The average molecular weight is 574 g/mol. The van der Waals surface area contributed by atoms with Gasteiger partial charge in [-0.05, 0) is 36.4 Å². The first-order chi connectivity index (χ1) is 18.5. The SMILES string of the molecule is O=C(CSc1nc2c([nH]c3ccccc32)c(=O)n1-c1ccc([N+](=O)[O-])cc1)Nc1cc(C(F)(F)F)ccc1Cl. The molecule has 0 aliphatic rings. The van der Waals surface area contributed by atoms with Crippen molar-refractivity contribution in [2.75, 3.05) is 11.1 Å². The number of hydrogen-bond donors (Lipinski definition) is 2. The number of rotatable bonds is 6. The highest BCUT2D eigenvalue weighted by Crippen LogP contribution is 2.34. The predicted molar refractivity (Wildman–Crippen MR) is 142 cm³/mol. The number of carbonyl (C=O) groups is 1. The van der Waals surface area contributed by atoms with Crippen molar-refractivity contribution in [1.29, 1.82) is 0 Å². The lowest BCUT2D eigenvalue weighted by atomic mass is 10.2. The molecule has 198 valence electrons. The number of nitrogens with one attached hydrogen (secondary N) is 2. The lowest BCUT2D eigenvalue weighted by Crippen LogP contribution is -2.23. The highest BCUT2D eigenvalue weighted by Gasteiger charge is 2.31. The molecule has 1 amide bonds. The summed E-state index contributed by atoms with van der Waals surface area (Å²) in [7, 11) is 0. The first-order valence-corrected chi connectivity index (χ1v) is 12.5. The van der Waals surface area contributed by atoms with Gasteiger partial charge in [0.2, 0.25) is 5.91 Å². The van der Waals surface area contributed by atoms with Crippen LogP contribution in [0.1, 0.15) is 5.56 Å². The summed E-state index contributed by atoms with van der Waals surface area (Å²) < 4.78 is 40.5. The van der Waals surface area contributed by atoms with Crippen molar-refractivity contribution in [2.24, 2.45) is 0 Å². The Morgan fingerprint density at radius 3 is 2.54 bits per heavy atom. The second kappa shape index (κ2) is 10.1. The maximum absolute atomic E-state index is 13.6. The Bertz CT molecular complexity index is 1820. The third-order valence-electron chi connectivity index (χ3n) is 5.71. The monoisotopic (exact) mass is 573 g/mol.